The fourth-order valence-electron chi connectivity index (χ4n) is 1.66. The number of rotatable bonds is 6. The second-order valence-corrected chi connectivity index (χ2v) is 4.64. The molecule has 0 aliphatic carbocycles. The van der Waals surface area contributed by atoms with Gasteiger partial charge in [0, 0.05) is 25.5 Å². The number of aliphatic hydroxyl groups is 1. The molecule has 0 bridgehead atoms. The summed E-state index contributed by atoms with van der Waals surface area (Å²) in [6, 6.07) is 3.83. The van der Waals surface area contributed by atoms with E-state index in [1.807, 2.05) is 12.1 Å². The molecule has 2 aromatic heterocycles. The van der Waals surface area contributed by atoms with Crippen LogP contribution in [-0.2, 0) is 0 Å². The van der Waals surface area contributed by atoms with E-state index in [-0.39, 0.29) is 6.61 Å². The van der Waals surface area contributed by atoms with Crippen molar-refractivity contribution in [3.05, 3.63) is 24.5 Å². The molecule has 18 heavy (non-hydrogen) atoms. The van der Waals surface area contributed by atoms with Crippen molar-refractivity contribution >= 4 is 22.4 Å². The van der Waals surface area contributed by atoms with E-state index in [1.165, 1.54) is 11.5 Å². The zero-order valence-corrected chi connectivity index (χ0v) is 10.8. The van der Waals surface area contributed by atoms with Crippen molar-refractivity contribution in [1.29, 1.82) is 0 Å². The number of aromatic nitrogens is 2. The van der Waals surface area contributed by atoms with E-state index in [0.717, 1.165) is 35.5 Å². The normalized spacial score (nSPS) is 10.5. The Morgan fingerprint density at radius 3 is 2.78 bits per heavy atom. The molecule has 5 nitrogen and oxygen atoms in total. The predicted octanol–water partition coefficient (Wildman–Crippen LogP) is 1.97. The lowest BCUT2D eigenvalue weighted by Crippen LogP contribution is -2.02. The molecule has 0 spiro atoms. The number of nitrogens with one attached hydrogen (secondary N) is 1. The number of anilines is 2. The number of nitrogen functional groups attached to an aromatic ring is 1. The summed E-state index contributed by atoms with van der Waals surface area (Å²) in [5.74, 6) is 0.538. The second-order valence-electron chi connectivity index (χ2n) is 3.87. The first kappa shape index (κ1) is 12.8. The summed E-state index contributed by atoms with van der Waals surface area (Å²) in [6.45, 7) is 1.03. The Hall–Kier alpha value is -1.66. The number of nitrogens with two attached hydrogens (primary N) is 1. The van der Waals surface area contributed by atoms with Gasteiger partial charge >= 0.3 is 0 Å². The summed E-state index contributed by atoms with van der Waals surface area (Å²) in [7, 11) is 0. The van der Waals surface area contributed by atoms with Crippen LogP contribution in [0.3, 0.4) is 0 Å². The van der Waals surface area contributed by atoms with Crippen LogP contribution in [0, 0.1) is 0 Å². The Kier molecular flexibility index (Phi) is 4.49. The summed E-state index contributed by atoms with van der Waals surface area (Å²) in [5.41, 5.74) is 7.85. The van der Waals surface area contributed by atoms with Crippen molar-refractivity contribution in [2.24, 2.45) is 0 Å². The number of unbranched alkanes of at least 4 members (excludes halogenated alkanes) is 1. The molecule has 2 rings (SSSR count). The van der Waals surface area contributed by atoms with Crippen LogP contribution in [0.5, 0.6) is 0 Å². The third-order valence-electron chi connectivity index (χ3n) is 2.56. The fourth-order valence-corrected chi connectivity index (χ4v) is 2.42. The first-order chi connectivity index (χ1) is 8.83. The maximum Gasteiger partial charge on any atom is 0.147 e. The second kappa shape index (κ2) is 6.32. The molecule has 0 unspecified atom stereocenters. The van der Waals surface area contributed by atoms with Gasteiger partial charge in [0.15, 0.2) is 0 Å². The van der Waals surface area contributed by atoms with Crippen LogP contribution in [-0.4, -0.2) is 27.6 Å². The Bertz CT molecular complexity index is 486. The number of nitrogens with zero attached hydrogens (tertiary/aromatic N) is 2. The van der Waals surface area contributed by atoms with Crippen LogP contribution in [0.2, 0.25) is 0 Å². The molecule has 0 saturated carbocycles. The lowest BCUT2D eigenvalue weighted by Gasteiger charge is -2.06. The van der Waals surface area contributed by atoms with E-state index in [0.29, 0.717) is 5.82 Å². The largest absolute Gasteiger partial charge is 0.396 e. The van der Waals surface area contributed by atoms with Crippen molar-refractivity contribution in [2.75, 3.05) is 24.2 Å². The minimum atomic E-state index is 0.226. The lowest BCUT2D eigenvalue weighted by molar-refractivity contribution is 0.286. The van der Waals surface area contributed by atoms with Gasteiger partial charge in [0.2, 0.25) is 0 Å². The van der Waals surface area contributed by atoms with Gasteiger partial charge in [-0.1, -0.05) is 0 Å². The molecule has 0 amide bonds. The number of pyridine rings is 1. The average molecular weight is 264 g/mol. The maximum absolute atomic E-state index is 8.74. The molecule has 2 heterocycles. The van der Waals surface area contributed by atoms with Crippen molar-refractivity contribution in [3.8, 4) is 11.1 Å². The molecule has 6 heteroatoms. The molecule has 96 valence electrons. The maximum atomic E-state index is 8.74. The number of hydrogen-bond acceptors (Lipinski definition) is 6. The molecule has 0 fully saturated rings. The van der Waals surface area contributed by atoms with Crippen LogP contribution in [0.4, 0.5) is 10.8 Å². The zero-order valence-electron chi connectivity index (χ0n) is 9.97. The molecular formula is C12H16N4OS. The van der Waals surface area contributed by atoms with E-state index < -0.39 is 0 Å². The van der Waals surface area contributed by atoms with Crippen LogP contribution in [0.15, 0.2) is 24.5 Å². The SMILES string of the molecule is Nc1nsc(NCCCCO)c1-c1ccncc1. The van der Waals surface area contributed by atoms with E-state index in [2.05, 4.69) is 14.7 Å². The van der Waals surface area contributed by atoms with Crippen molar-refractivity contribution in [1.82, 2.24) is 9.36 Å². The van der Waals surface area contributed by atoms with Gasteiger partial charge < -0.3 is 16.2 Å². The smallest absolute Gasteiger partial charge is 0.147 e. The lowest BCUT2D eigenvalue weighted by atomic mass is 10.1. The molecular weight excluding hydrogens is 248 g/mol. The Balaban J connectivity index is 2.12. The summed E-state index contributed by atoms with van der Waals surface area (Å²) in [5, 5.41) is 13.0. The first-order valence-electron chi connectivity index (χ1n) is 5.83. The van der Waals surface area contributed by atoms with Crippen LogP contribution in [0.1, 0.15) is 12.8 Å². The highest BCUT2D eigenvalue weighted by Gasteiger charge is 2.12. The molecule has 2 aromatic rings. The number of aliphatic hydroxyl groups excluding tert-OH is 1. The van der Waals surface area contributed by atoms with Gasteiger partial charge in [-0.2, -0.15) is 4.37 Å². The fraction of sp³-hybridized carbons (Fsp3) is 0.333. The molecule has 0 aliphatic heterocycles. The van der Waals surface area contributed by atoms with Gasteiger partial charge in [-0.3, -0.25) is 4.98 Å². The summed E-state index contributed by atoms with van der Waals surface area (Å²) < 4.78 is 4.18. The zero-order chi connectivity index (χ0) is 12.8. The van der Waals surface area contributed by atoms with Gasteiger partial charge in [0.05, 0.1) is 5.56 Å². The monoisotopic (exact) mass is 264 g/mol. The van der Waals surface area contributed by atoms with Crippen LogP contribution < -0.4 is 11.1 Å². The summed E-state index contributed by atoms with van der Waals surface area (Å²) in [6.07, 6.45) is 5.19. The van der Waals surface area contributed by atoms with Gasteiger partial charge in [-0.15, -0.1) is 0 Å². The van der Waals surface area contributed by atoms with Crippen LogP contribution in [0.25, 0.3) is 11.1 Å². The molecule has 0 aromatic carbocycles. The molecule has 4 N–H and O–H groups in total. The Morgan fingerprint density at radius 1 is 1.28 bits per heavy atom. The van der Waals surface area contributed by atoms with E-state index in [1.54, 1.807) is 12.4 Å². The third kappa shape index (κ3) is 2.96. The highest BCUT2D eigenvalue weighted by atomic mass is 32.1. The van der Waals surface area contributed by atoms with E-state index in [9.17, 15) is 0 Å². The standard InChI is InChI=1S/C12H16N4OS/c13-11-10(9-3-6-14-7-4-9)12(18-16-11)15-5-1-2-8-17/h3-4,6-7,15,17H,1-2,5,8H2,(H2,13,16). The van der Waals surface area contributed by atoms with E-state index in [4.69, 9.17) is 10.8 Å². The summed E-state index contributed by atoms with van der Waals surface area (Å²) >= 11 is 1.36. The highest BCUT2D eigenvalue weighted by Crippen LogP contribution is 2.36. The predicted molar refractivity (Wildman–Crippen MR) is 74.6 cm³/mol. The molecule has 0 atom stereocenters. The minimum absolute atomic E-state index is 0.226. The van der Waals surface area contributed by atoms with Crippen molar-refractivity contribution < 1.29 is 5.11 Å². The minimum Gasteiger partial charge on any atom is -0.396 e. The van der Waals surface area contributed by atoms with Gasteiger partial charge in [-0.05, 0) is 42.1 Å². The highest BCUT2D eigenvalue weighted by molar-refractivity contribution is 7.11. The molecule has 0 radical (unpaired) electrons. The van der Waals surface area contributed by atoms with Gasteiger partial charge in [0.25, 0.3) is 0 Å². The van der Waals surface area contributed by atoms with Gasteiger partial charge in [0.1, 0.15) is 10.8 Å². The quantitative estimate of drug-likeness (QED) is 0.695. The topological polar surface area (TPSA) is 84.1 Å². The van der Waals surface area contributed by atoms with Crippen LogP contribution >= 0.6 is 11.5 Å². The molecule has 0 saturated heterocycles. The first-order valence-corrected chi connectivity index (χ1v) is 6.60. The third-order valence-corrected chi connectivity index (χ3v) is 3.38. The number of hydrogen-bond donors (Lipinski definition) is 3. The van der Waals surface area contributed by atoms with E-state index >= 15 is 0 Å². The summed E-state index contributed by atoms with van der Waals surface area (Å²) in [4.78, 5) is 4.00. The molecule has 0 aliphatic rings. The van der Waals surface area contributed by atoms with Crippen molar-refractivity contribution in [2.45, 2.75) is 12.8 Å². The average Bonchev–Trinajstić information content (AvgIpc) is 2.77. The van der Waals surface area contributed by atoms with Gasteiger partial charge in [-0.25, -0.2) is 0 Å². The Labute approximate surface area is 110 Å². The van der Waals surface area contributed by atoms with Crippen molar-refractivity contribution in [3.63, 3.8) is 0 Å². The Morgan fingerprint density at radius 2 is 2.06 bits per heavy atom.